The van der Waals surface area contributed by atoms with Crippen LogP contribution in [0, 0.1) is 0 Å². The Morgan fingerprint density at radius 1 is 1.50 bits per heavy atom. The number of hydrogen-bond donors (Lipinski definition) is 1. The molecule has 4 heteroatoms. The molecular weight excluding hydrogens is 226 g/mol. The summed E-state index contributed by atoms with van der Waals surface area (Å²) in [5, 5.41) is 0. The van der Waals surface area contributed by atoms with E-state index >= 15 is 0 Å². The van der Waals surface area contributed by atoms with Crippen molar-refractivity contribution in [2.75, 3.05) is 26.7 Å². The summed E-state index contributed by atoms with van der Waals surface area (Å²) in [6, 6.07) is 4.56. The van der Waals surface area contributed by atoms with Crippen LogP contribution in [0.3, 0.4) is 0 Å². The Bertz CT molecular complexity index is 361. The topological polar surface area (TPSA) is 45.6 Å². The largest absolute Gasteiger partial charge is 0.468 e. The highest BCUT2D eigenvalue weighted by atomic mass is 16.3. The van der Waals surface area contributed by atoms with E-state index in [9.17, 15) is 0 Å². The zero-order valence-corrected chi connectivity index (χ0v) is 11.7. The predicted octanol–water partition coefficient (Wildman–Crippen LogP) is 1.52. The van der Waals surface area contributed by atoms with Gasteiger partial charge in [0.15, 0.2) is 0 Å². The van der Waals surface area contributed by atoms with E-state index in [4.69, 9.17) is 10.2 Å². The fourth-order valence-corrected chi connectivity index (χ4v) is 2.85. The molecule has 0 radical (unpaired) electrons. The van der Waals surface area contributed by atoms with Crippen molar-refractivity contribution in [3.8, 4) is 0 Å². The van der Waals surface area contributed by atoms with E-state index in [1.165, 1.54) is 0 Å². The Kier molecular flexibility index (Phi) is 4.10. The molecule has 0 aliphatic carbocycles. The fraction of sp³-hybridized carbons (Fsp3) is 0.714. The van der Waals surface area contributed by atoms with Crippen LogP contribution in [0.25, 0.3) is 0 Å². The maximum absolute atomic E-state index is 5.71. The highest BCUT2D eigenvalue weighted by molar-refractivity contribution is 5.02. The molecule has 1 unspecified atom stereocenters. The van der Waals surface area contributed by atoms with Crippen molar-refractivity contribution >= 4 is 0 Å². The van der Waals surface area contributed by atoms with Crippen molar-refractivity contribution in [3.05, 3.63) is 24.2 Å². The van der Waals surface area contributed by atoms with Gasteiger partial charge in [-0.2, -0.15) is 0 Å². The molecule has 0 spiro atoms. The molecule has 1 saturated heterocycles. The molecule has 1 atom stereocenters. The van der Waals surface area contributed by atoms with Crippen LogP contribution in [0.4, 0.5) is 0 Å². The fourth-order valence-electron chi connectivity index (χ4n) is 2.85. The third-order valence-electron chi connectivity index (χ3n) is 3.97. The van der Waals surface area contributed by atoms with Crippen molar-refractivity contribution in [1.82, 2.24) is 9.80 Å². The van der Waals surface area contributed by atoms with Gasteiger partial charge in [-0.1, -0.05) is 0 Å². The molecule has 4 nitrogen and oxygen atoms in total. The molecule has 1 aromatic heterocycles. The van der Waals surface area contributed by atoms with Gasteiger partial charge in [0.25, 0.3) is 0 Å². The molecule has 1 fully saturated rings. The molecule has 2 heterocycles. The second kappa shape index (κ2) is 5.43. The zero-order chi connectivity index (χ0) is 13.2. The van der Waals surface area contributed by atoms with Crippen molar-refractivity contribution in [2.45, 2.75) is 38.4 Å². The highest BCUT2D eigenvalue weighted by Gasteiger charge is 2.37. The third-order valence-corrected chi connectivity index (χ3v) is 3.97. The van der Waals surface area contributed by atoms with Gasteiger partial charge in [-0.3, -0.25) is 4.90 Å². The molecular formula is C14H25N3O. The molecule has 1 aliphatic rings. The monoisotopic (exact) mass is 251 g/mol. The Morgan fingerprint density at radius 3 is 2.89 bits per heavy atom. The zero-order valence-electron chi connectivity index (χ0n) is 11.7. The number of nitrogens with zero attached hydrogens (tertiary/aromatic N) is 2. The summed E-state index contributed by atoms with van der Waals surface area (Å²) < 4.78 is 5.47. The molecule has 102 valence electrons. The molecule has 0 amide bonds. The van der Waals surface area contributed by atoms with Crippen LogP contribution in [0.1, 0.15) is 26.0 Å². The predicted molar refractivity (Wildman–Crippen MR) is 73.3 cm³/mol. The minimum atomic E-state index is 0.173. The Balaban J connectivity index is 2.06. The van der Waals surface area contributed by atoms with Gasteiger partial charge in [-0.25, -0.2) is 0 Å². The van der Waals surface area contributed by atoms with Crippen LogP contribution in [0.2, 0.25) is 0 Å². The second-order valence-corrected chi connectivity index (χ2v) is 5.92. The van der Waals surface area contributed by atoms with Crippen molar-refractivity contribution < 1.29 is 4.42 Å². The normalized spacial score (nSPS) is 25.4. The minimum absolute atomic E-state index is 0.173. The lowest BCUT2D eigenvalue weighted by atomic mass is 9.94. The summed E-state index contributed by atoms with van der Waals surface area (Å²) in [5.74, 6) is 1.04. The van der Waals surface area contributed by atoms with Gasteiger partial charge in [-0.15, -0.1) is 0 Å². The van der Waals surface area contributed by atoms with Gasteiger partial charge in [0.2, 0.25) is 0 Å². The lowest BCUT2D eigenvalue weighted by Gasteiger charge is -2.50. The average molecular weight is 251 g/mol. The van der Waals surface area contributed by atoms with Crippen molar-refractivity contribution in [3.63, 3.8) is 0 Å². The molecule has 0 aromatic carbocycles. The summed E-state index contributed by atoms with van der Waals surface area (Å²) in [6.07, 6.45) is 2.80. The van der Waals surface area contributed by atoms with Crippen LogP contribution in [0.15, 0.2) is 22.8 Å². The van der Waals surface area contributed by atoms with Crippen molar-refractivity contribution in [1.29, 1.82) is 0 Å². The van der Waals surface area contributed by atoms with Gasteiger partial charge in [0.1, 0.15) is 5.76 Å². The summed E-state index contributed by atoms with van der Waals surface area (Å²) in [5.41, 5.74) is 5.88. The molecule has 0 saturated carbocycles. The van der Waals surface area contributed by atoms with E-state index in [1.54, 1.807) is 6.26 Å². The van der Waals surface area contributed by atoms with Gasteiger partial charge in [0, 0.05) is 24.7 Å². The third kappa shape index (κ3) is 2.94. The average Bonchev–Trinajstić information content (AvgIpc) is 2.77. The van der Waals surface area contributed by atoms with E-state index in [2.05, 4.69) is 30.7 Å². The van der Waals surface area contributed by atoms with Crippen LogP contribution in [-0.2, 0) is 6.54 Å². The smallest absolute Gasteiger partial charge is 0.117 e. The van der Waals surface area contributed by atoms with Crippen LogP contribution < -0.4 is 5.73 Å². The second-order valence-electron chi connectivity index (χ2n) is 5.92. The number of likely N-dealkylation sites (N-methyl/N-ethyl adjacent to an activating group) is 1. The van der Waals surface area contributed by atoms with E-state index < -0.39 is 0 Å². The lowest BCUT2D eigenvalue weighted by Crippen LogP contribution is -2.62. The number of hydrogen-bond acceptors (Lipinski definition) is 4. The highest BCUT2D eigenvalue weighted by Crippen LogP contribution is 2.26. The number of nitrogens with two attached hydrogens (primary N) is 1. The van der Waals surface area contributed by atoms with Crippen molar-refractivity contribution in [2.24, 2.45) is 5.73 Å². The molecule has 1 aliphatic heterocycles. The standard InChI is InChI=1S/C14H25N3O/c1-14(2)11-16(3)12(6-7-15)9-17(14)10-13-5-4-8-18-13/h4-5,8,12H,6-7,9-11,15H2,1-3H3. The molecule has 0 bridgehead atoms. The first kappa shape index (κ1) is 13.6. The van der Waals surface area contributed by atoms with E-state index in [0.717, 1.165) is 38.4 Å². The maximum atomic E-state index is 5.71. The summed E-state index contributed by atoms with van der Waals surface area (Å²) in [6.45, 7) is 8.36. The first-order valence-electron chi connectivity index (χ1n) is 6.70. The molecule has 1 aromatic rings. The maximum Gasteiger partial charge on any atom is 0.117 e. The van der Waals surface area contributed by atoms with Gasteiger partial charge < -0.3 is 15.1 Å². The quantitative estimate of drug-likeness (QED) is 0.881. The van der Waals surface area contributed by atoms with E-state index in [0.29, 0.717) is 6.04 Å². The van der Waals surface area contributed by atoms with E-state index in [1.807, 2.05) is 12.1 Å². The minimum Gasteiger partial charge on any atom is -0.468 e. The van der Waals surface area contributed by atoms with Gasteiger partial charge in [0.05, 0.1) is 12.8 Å². The Labute approximate surface area is 110 Å². The Morgan fingerprint density at radius 2 is 2.28 bits per heavy atom. The summed E-state index contributed by atoms with van der Waals surface area (Å²) in [4.78, 5) is 4.94. The lowest BCUT2D eigenvalue weighted by molar-refractivity contribution is -0.0157. The Hall–Kier alpha value is -0.840. The first-order valence-corrected chi connectivity index (χ1v) is 6.70. The molecule has 18 heavy (non-hydrogen) atoms. The van der Waals surface area contributed by atoms with Crippen LogP contribution in [-0.4, -0.2) is 48.1 Å². The SMILES string of the molecule is CN1CC(C)(C)N(Cc2ccco2)CC1CCN. The van der Waals surface area contributed by atoms with Gasteiger partial charge >= 0.3 is 0 Å². The van der Waals surface area contributed by atoms with Crippen LogP contribution in [0.5, 0.6) is 0 Å². The van der Waals surface area contributed by atoms with E-state index in [-0.39, 0.29) is 5.54 Å². The number of furan rings is 1. The van der Waals surface area contributed by atoms with Crippen LogP contribution >= 0.6 is 0 Å². The summed E-state index contributed by atoms with van der Waals surface area (Å²) in [7, 11) is 2.20. The summed E-state index contributed by atoms with van der Waals surface area (Å²) >= 11 is 0. The molecule has 2 rings (SSSR count). The molecule has 2 N–H and O–H groups in total. The first-order chi connectivity index (χ1) is 8.53. The number of rotatable bonds is 4. The number of piperazine rings is 1. The van der Waals surface area contributed by atoms with Gasteiger partial charge in [-0.05, 0) is 46.0 Å².